The molecule has 0 saturated heterocycles. The van der Waals surface area contributed by atoms with Gasteiger partial charge in [-0.1, -0.05) is 0 Å². The lowest BCUT2D eigenvalue weighted by molar-refractivity contribution is -0.116. The van der Waals surface area contributed by atoms with Crippen LogP contribution >= 0.6 is 0 Å². The van der Waals surface area contributed by atoms with Crippen LogP contribution in [0.25, 0.3) is 0 Å². The number of aliphatic imine (C=N–C) groups is 1. The third-order valence-corrected chi connectivity index (χ3v) is 3.13. The van der Waals surface area contributed by atoms with Gasteiger partial charge in [0, 0.05) is 6.54 Å². The molecule has 94 valence electrons. The van der Waals surface area contributed by atoms with E-state index in [1.165, 1.54) is 6.33 Å². The molecule has 1 aromatic rings. The second-order valence-corrected chi connectivity index (χ2v) is 4.36. The van der Waals surface area contributed by atoms with Gasteiger partial charge in [0.25, 0.3) is 0 Å². The lowest BCUT2D eigenvalue weighted by Gasteiger charge is -2.27. The maximum atomic E-state index is 11.7. The summed E-state index contributed by atoms with van der Waals surface area (Å²) in [6.07, 6.45) is 1.50. The minimum atomic E-state index is -0.284. The summed E-state index contributed by atoms with van der Waals surface area (Å²) in [7, 11) is 0. The van der Waals surface area contributed by atoms with Crippen LogP contribution in [-0.2, 0) is 4.79 Å². The fourth-order valence-electron chi connectivity index (χ4n) is 2.13. The molecule has 3 rings (SSSR count). The molecular weight excluding hydrogens is 232 g/mol. The highest BCUT2D eigenvalue weighted by Crippen LogP contribution is 2.33. The second-order valence-electron chi connectivity index (χ2n) is 4.36. The van der Waals surface area contributed by atoms with Crippen molar-refractivity contribution in [1.29, 1.82) is 0 Å². The standard InChI is InChI=1S/C11H14N6O/c1-6-11(18)16-8-9(15-6)13-5-14-10(8)17-4-3-12-7(17)2/h5-6H,3-4H2,1-2H3,(H,16,18)(H,13,14,15). The number of hydrogen-bond acceptors (Lipinski definition) is 6. The molecule has 2 N–H and O–H groups in total. The van der Waals surface area contributed by atoms with E-state index in [9.17, 15) is 4.79 Å². The van der Waals surface area contributed by atoms with Crippen LogP contribution in [0.5, 0.6) is 0 Å². The number of nitrogens with zero attached hydrogens (tertiary/aromatic N) is 4. The van der Waals surface area contributed by atoms with Gasteiger partial charge in [-0.2, -0.15) is 0 Å². The van der Waals surface area contributed by atoms with Crippen LogP contribution in [0.15, 0.2) is 11.3 Å². The molecule has 0 aromatic carbocycles. The van der Waals surface area contributed by atoms with Crippen molar-refractivity contribution < 1.29 is 4.79 Å². The molecule has 18 heavy (non-hydrogen) atoms. The van der Waals surface area contributed by atoms with E-state index in [0.29, 0.717) is 17.3 Å². The van der Waals surface area contributed by atoms with Crippen LogP contribution < -0.4 is 15.5 Å². The van der Waals surface area contributed by atoms with E-state index in [2.05, 4.69) is 25.6 Å². The fraction of sp³-hybridized carbons (Fsp3) is 0.455. The Morgan fingerprint density at radius 2 is 2.28 bits per heavy atom. The van der Waals surface area contributed by atoms with Crippen molar-refractivity contribution in [3.05, 3.63) is 6.33 Å². The highest BCUT2D eigenvalue weighted by molar-refractivity contribution is 6.08. The summed E-state index contributed by atoms with van der Waals surface area (Å²) in [4.78, 5) is 26.5. The van der Waals surface area contributed by atoms with Gasteiger partial charge in [-0.15, -0.1) is 0 Å². The molecule has 3 heterocycles. The van der Waals surface area contributed by atoms with Crippen LogP contribution in [0.3, 0.4) is 0 Å². The lowest BCUT2D eigenvalue weighted by atomic mass is 10.2. The van der Waals surface area contributed by atoms with Gasteiger partial charge in [0.15, 0.2) is 11.6 Å². The monoisotopic (exact) mass is 246 g/mol. The zero-order valence-corrected chi connectivity index (χ0v) is 10.3. The van der Waals surface area contributed by atoms with Crippen molar-refractivity contribution in [3.8, 4) is 0 Å². The van der Waals surface area contributed by atoms with Gasteiger partial charge in [-0.3, -0.25) is 9.79 Å². The molecule has 1 aromatic heterocycles. The molecule has 1 amide bonds. The van der Waals surface area contributed by atoms with E-state index in [1.807, 2.05) is 11.8 Å². The number of carbonyl (C=O) groups is 1. The van der Waals surface area contributed by atoms with E-state index >= 15 is 0 Å². The van der Waals surface area contributed by atoms with Gasteiger partial charge in [0.05, 0.1) is 6.54 Å². The lowest BCUT2D eigenvalue weighted by Crippen LogP contribution is -2.38. The van der Waals surface area contributed by atoms with Crippen molar-refractivity contribution in [2.24, 2.45) is 4.99 Å². The Morgan fingerprint density at radius 3 is 3.00 bits per heavy atom. The smallest absolute Gasteiger partial charge is 0.246 e. The third-order valence-electron chi connectivity index (χ3n) is 3.13. The number of amides is 1. The van der Waals surface area contributed by atoms with Crippen LogP contribution in [0.2, 0.25) is 0 Å². The Morgan fingerprint density at radius 1 is 1.44 bits per heavy atom. The Kier molecular flexibility index (Phi) is 2.39. The van der Waals surface area contributed by atoms with E-state index in [-0.39, 0.29) is 11.9 Å². The number of fused-ring (bicyclic) bond motifs is 1. The molecule has 7 heteroatoms. The SMILES string of the molecule is CC1=NCCN1c1ncnc2c1NC(=O)C(C)N2. The highest BCUT2D eigenvalue weighted by Gasteiger charge is 2.28. The normalized spacial score (nSPS) is 22.1. The highest BCUT2D eigenvalue weighted by atomic mass is 16.2. The summed E-state index contributed by atoms with van der Waals surface area (Å²) in [5.74, 6) is 2.19. The first kappa shape index (κ1) is 10.9. The van der Waals surface area contributed by atoms with Crippen molar-refractivity contribution in [3.63, 3.8) is 0 Å². The topological polar surface area (TPSA) is 82.5 Å². The van der Waals surface area contributed by atoms with Crippen molar-refractivity contribution in [2.45, 2.75) is 19.9 Å². The van der Waals surface area contributed by atoms with Crippen LogP contribution in [0.1, 0.15) is 13.8 Å². The Labute approximate surface area is 104 Å². The summed E-state index contributed by atoms with van der Waals surface area (Å²) < 4.78 is 0. The zero-order chi connectivity index (χ0) is 12.7. The number of hydrogen-bond donors (Lipinski definition) is 2. The molecule has 7 nitrogen and oxygen atoms in total. The van der Waals surface area contributed by atoms with Crippen molar-refractivity contribution >= 4 is 29.1 Å². The van der Waals surface area contributed by atoms with E-state index in [0.717, 1.165) is 18.9 Å². The summed E-state index contributed by atoms with van der Waals surface area (Å²) in [6.45, 7) is 5.26. The van der Waals surface area contributed by atoms with E-state index in [1.54, 1.807) is 6.92 Å². The molecule has 0 aliphatic carbocycles. The predicted molar refractivity (Wildman–Crippen MR) is 69.1 cm³/mol. The molecule has 2 aliphatic rings. The summed E-state index contributed by atoms with van der Waals surface area (Å²) in [5, 5.41) is 5.91. The second kappa shape index (κ2) is 3.94. The molecule has 1 atom stereocenters. The summed E-state index contributed by atoms with van der Waals surface area (Å²) >= 11 is 0. The quantitative estimate of drug-likeness (QED) is 0.752. The first-order valence-electron chi connectivity index (χ1n) is 5.88. The number of amidine groups is 1. The summed E-state index contributed by atoms with van der Waals surface area (Å²) in [5.41, 5.74) is 0.636. The molecule has 2 aliphatic heterocycles. The van der Waals surface area contributed by atoms with Gasteiger partial charge < -0.3 is 15.5 Å². The Balaban J connectivity index is 2.05. The molecule has 0 fully saturated rings. The van der Waals surface area contributed by atoms with Crippen LogP contribution in [-0.4, -0.2) is 40.8 Å². The third kappa shape index (κ3) is 1.59. The molecule has 0 saturated carbocycles. The number of aromatic nitrogens is 2. The number of rotatable bonds is 1. The van der Waals surface area contributed by atoms with Gasteiger partial charge >= 0.3 is 0 Å². The first-order chi connectivity index (χ1) is 8.66. The molecule has 0 bridgehead atoms. The van der Waals surface area contributed by atoms with Crippen LogP contribution in [0, 0.1) is 0 Å². The van der Waals surface area contributed by atoms with E-state index in [4.69, 9.17) is 0 Å². The predicted octanol–water partition coefficient (Wildman–Crippen LogP) is 0.467. The van der Waals surface area contributed by atoms with Crippen LogP contribution in [0.4, 0.5) is 17.3 Å². The van der Waals surface area contributed by atoms with Crippen molar-refractivity contribution in [2.75, 3.05) is 28.6 Å². The van der Waals surface area contributed by atoms with Gasteiger partial charge in [0.2, 0.25) is 5.91 Å². The summed E-state index contributed by atoms with van der Waals surface area (Å²) in [6, 6.07) is -0.284. The molecule has 0 radical (unpaired) electrons. The minimum absolute atomic E-state index is 0.0765. The molecular formula is C11H14N6O. The van der Waals surface area contributed by atoms with Gasteiger partial charge in [0.1, 0.15) is 23.9 Å². The van der Waals surface area contributed by atoms with Crippen molar-refractivity contribution in [1.82, 2.24) is 9.97 Å². The first-order valence-corrected chi connectivity index (χ1v) is 5.88. The van der Waals surface area contributed by atoms with Gasteiger partial charge in [-0.25, -0.2) is 9.97 Å². The number of nitrogens with one attached hydrogen (secondary N) is 2. The average Bonchev–Trinajstić information content (AvgIpc) is 2.76. The number of carbonyl (C=O) groups excluding carboxylic acids is 1. The average molecular weight is 246 g/mol. The Bertz CT molecular complexity index is 540. The molecule has 0 spiro atoms. The number of anilines is 3. The Hall–Kier alpha value is -2.18. The fourth-order valence-corrected chi connectivity index (χ4v) is 2.13. The minimum Gasteiger partial charge on any atom is -0.357 e. The zero-order valence-electron chi connectivity index (χ0n) is 10.3. The van der Waals surface area contributed by atoms with E-state index < -0.39 is 0 Å². The largest absolute Gasteiger partial charge is 0.357 e. The molecule has 1 unspecified atom stereocenters. The van der Waals surface area contributed by atoms with Gasteiger partial charge in [-0.05, 0) is 13.8 Å². The maximum Gasteiger partial charge on any atom is 0.246 e. The maximum absolute atomic E-state index is 11.7.